The highest BCUT2D eigenvalue weighted by Gasteiger charge is 2.06. The van der Waals surface area contributed by atoms with Gasteiger partial charge < -0.3 is 0 Å². The number of rotatable bonds is 4. The quantitative estimate of drug-likeness (QED) is 0.587. The molecule has 0 bridgehead atoms. The van der Waals surface area contributed by atoms with Crippen LogP contribution in [0, 0.1) is 17.2 Å². The third-order valence-corrected chi connectivity index (χ3v) is 1.57. The molecule has 0 aromatic heterocycles. The van der Waals surface area contributed by atoms with E-state index in [1.807, 2.05) is 6.07 Å². The van der Waals surface area contributed by atoms with Crippen molar-refractivity contribution in [1.29, 1.82) is 5.26 Å². The number of nitriles is 1. The topological polar surface area (TPSA) is 67.2 Å². The van der Waals surface area contributed by atoms with Crippen LogP contribution in [0.4, 0.5) is 0 Å². The normalized spacial score (nSPS) is 13.9. The lowest BCUT2D eigenvalue weighted by Crippen LogP contribution is -2.10. The highest BCUT2D eigenvalue weighted by molar-refractivity contribution is 7.85. The molecule has 0 aliphatic carbocycles. The Bertz CT molecular complexity index is 239. The van der Waals surface area contributed by atoms with Gasteiger partial charge in [0.05, 0.1) is 18.9 Å². The summed E-state index contributed by atoms with van der Waals surface area (Å²) in [7, 11) is -3.35. The summed E-state index contributed by atoms with van der Waals surface area (Å²) in [5, 5.41) is 8.21. The van der Waals surface area contributed by atoms with Gasteiger partial charge in [-0.3, -0.25) is 4.18 Å². The second kappa shape index (κ2) is 4.31. The van der Waals surface area contributed by atoms with Crippen LogP contribution >= 0.6 is 0 Å². The maximum absolute atomic E-state index is 10.4. The maximum atomic E-state index is 10.4. The van der Waals surface area contributed by atoms with E-state index in [4.69, 9.17) is 5.26 Å². The van der Waals surface area contributed by atoms with Gasteiger partial charge >= 0.3 is 0 Å². The van der Waals surface area contributed by atoms with Crippen LogP contribution in [0.3, 0.4) is 0 Å². The average molecular weight is 177 g/mol. The Labute approximate surface area is 66.9 Å². The smallest absolute Gasteiger partial charge is 0.264 e. The zero-order valence-corrected chi connectivity index (χ0v) is 7.39. The Morgan fingerprint density at radius 1 is 1.64 bits per heavy atom. The van der Waals surface area contributed by atoms with Crippen LogP contribution in [0.25, 0.3) is 0 Å². The molecule has 0 aromatic rings. The van der Waals surface area contributed by atoms with Gasteiger partial charge in [-0.05, 0) is 5.92 Å². The largest absolute Gasteiger partial charge is 0.270 e. The Hall–Kier alpha value is -0.600. The van der Waals surface area contributed by atoms with Crippen molar-refractivity contribution in [2.45, 2.75) is 13.3 Å². The van der Waals surface area contributed by atoms with Crippen LogP contribution in [0.2, 0.25) is 0 Å². The molecular formula is C6H11NO3S. The molecule has 1 atom stereocenters. The van der Waals surface area contributed by atoms with E-state index in [2.05, 4.69) is 4.18 Å². The standard InChI is InChI=1S/C6H11NO3S/c1-6(3-4-7)5-10-11(2,8)9/h6H,3,5H2,1-2H3/t6-/m0/s1. The highest BCUT2D eigenvalue weighted by atomic mass is 32.2. The fraction of sp³-hybridized carbons (Fsp3) is 0.833. The lowest BCUT2D eigenvalue weighted by molar-refractivity contribution is 0.269. The van der Waals surface area contributed by atoms with Gasteiger partial charge in [-0.15, -0.1) is 0 Å². The van der Waals surface area contributed by atoms with Gasteiger partial charge in [0.25, 0.3) is 10.1 Å². The minimum atomic E-state index is -3.35. The van der Waals surface area contributed by atoms with E-state index >= 15 is 0 Å². The Morgan fingerprint density at radius 3 is 2.55 bits per heavy atom. The third kappa shape index (κ3) is 7.30. The van der Waals surface area contributed by atoms with Crippen molar-refractivity contribution in [2.24, 2.45) is 5.92 Å². The van der Waals surface area contributed by atoms with Gasteiger partial charge in [0.1, 0.15) is 0 Å². The molecule has 0 amide bonds. The van der Waals surface area contributed by atoms with E-state index in [0.29, 0.717) is 6.42 Å². The fourth-order valence-electron chi connectivity index (χ4n) is 0.455. The summed E-state index contributed by atoms with van der Waals surface area (Å²) in [6, 6.07) is 1.93. The predicted molar refractivity (Wildman–Crippen MR) is 40.2 cm³/mol. The van der Waals surface area contributed by atoms with Crippen molar-refractivity contribution in [2.75, 3.05) is 12.9 Å². The molecule has 0 fully saturated rings. The summed E-state index contributed by atoms with van der Waals surface area (Å²) < 4.78 is 25.3. The van der Waals surface area contributed by atoms with Crippen LogP contribution in [-0.4, -0.2) is 21.3 Å². The molecule has 0 aromatic carbocycles. The Balaban J connectivity index is 3.65. The maximum Gasteiger partial charge on any atom is 0.264 e. The van der Waals surface area contributed by atoms with Crippen LogP contribution < -0.4 is 0 Å². The minimum Gasteiger partial charge on any atom is -0.270 e. The van der Waals surface area contributed by atoms with Crippen molar-refractivity contribution in [3.05, 3.63) is 0 Å². The first-order chi connectivity index (χ1) is 4.95. The molecule has 0 spiro atoms. The second-order valence-electron chi connectivity index (χ2n) is 2.46. The SMILES string of the molecule is C[C@@H](CC#N)COS(C)(=O)=O. The molecule has 5 heteroatoms. The van der Waals surface area contributed by atoms with Gasteiger partial charge in [0.2, 0.25) is 0 Å². The number of hydrogen-bond donors (Lipinski definition) is 0. The first-order valence-corrected chi connectivity index (χ1v) is 4.98. The second-order valence-corrected chi connectivity index (χ2v) is 4.10. The zero-order chi connectivity index (χ0) is 8.91. The molecule has 11 heavy (non-hydrogen) atoms. The lowest BCUT2D eigenvalue weighted by atomic mass is 10.1. The molecule has 0 radical (unpaired) electrons. The monoisotopic (exact) mass is 177 g/mol. The van der Waals surface area contributed by atoms with Crippen LogP contribution in [0.15, 0.2) is 0 Å². The van der Waals surface area contributed by atoms with Gasteiger partial charge in [-0.2, -0.15) is 13.7 Å². The van der Waals surface area contributed by atoms with Gasteiger partial charge in [0, 0.05) is 6.42 Å². The molecule has 0 rings (SSSR count). The lowest BCUT2D eigenvalue weighted by Gasteiger charge is -2.04. The van der Waals surface area contributed by atoms with Gasteiger partial charge in [-0.1, -0.05) is 6.92 Å². The van der Waals surface area contributed by atoms with E-state index in [-0.39, 0.29) is 12.5 Å². The van der Waals surface area contributed by atoms with Crippen LogP contribution in [-0.2, 0) is 14.3 Å². The third-order valence-electron chi connectivity index (χ3n) is 1.01. The number of nitrogens with zero attached hydrogens (tertiary/aromatic N) is 1. The minimum absolute atomic E-state index is 0.0327. The van der Waals surface area contributed by atoms with E-state index in [1.165, 1.54) is 0 Å². The molecule has 0 saturated carbocycles. The highest BCUT2D eigenvalue weighted by Crippen LogP contribution is 2.02. The summed E-state index contributed by atoms with van der Waals surface area (Å²) in [5.41, 5.74) is 0. The predicted octanol–water partition coefficient (Wildman–Crippen LogP) is 0.512. The van der Waals surface area contributed by atoms with Crippen molar-refractivity contribution in [3.8, 4) is 6.07 Å². The van der Waals surface area contributed by atoms with E-state index in [1.54, 1.807) is 6.92 Å². The summed E-state index contributed by atoms with van der Waals surface area (Å²) in [6.45, 7) is 1.85. The summed E-state index contributed by atoms with van der Waals surface area (Å²) in [5.74, 6) is -0.0327. The first-order valence-electron chi connectivity index (χ1n) is 3.17. The van der Waals surface area contributed by atoms with Crippen LogP contribution in [0.5, 0.6) is 0 Å². The average Bonchev–Trinajstić information content (AvgIpc) is 1.83. The van der Waals surface area contributed by atoms with Crippen molar-refractivity contribution < 1.29 is 12.6 Å². The summed E-state index contributed by atoms with van der Waals surface area (Å²) in [6.07, 6.45) is 1.31. The molecule has 64 valence electrons. The Kier molecular flexibility index (Phi) is 4.08. The van der Waals surface area contributed by atoms with E-state index in [9.17, 15) is 8.42 Å². The van der Waals surface area contributed by atoms with E-state index in [0.717, 1.165) is 6.26 Å². The molecule has 4 nitrogen and oxygen atoms in total. The van der Waals surface area contributed by atoms with Crippen molar-refractivity contribution in [1.82, 2.24) is 0 Å². The molecule has 0 unspecified atom stereocenters. The van der Waals surface area contributed by atoms with Crippen molar-refractivity contribution >= 4 is 10.1 Å². The molecule has 0 aliphatic heterocycles. The molecule has 0 heterocycles. The first kappa shape index (κ1) is 10.4. The van der Waals surface area contributed by atoms with E-state index < -0.39 is 10.1 Å². The molecule has 0 saturated heterocycles. The number of hydrogen-bond acceptors (Lipinski definition) is 4. The molecule has 0 N–H and O–H groups in total. The molecular weight excluding hydrogens is 166 g/mol. The van der Waals surface area contributed by atoms with Gasteiger partial charge in [-0.25, -0.2) is 0 Å². The molecule has 0 aliphatic rings. The summed E-state index contributed by atoms with van der Waals surface area (Å²) >= 11 is 0. The van der Waals surface area contributed by atoms with Crippen LogP contribution in [0.1, 0.15) is 13.3 Å². The zero-order valence-electron chi connectivity index (χ0n) is 6.57. The fourth-order valence-corrected chi connectivity index (χ4v) is 0.934. The summed E-state index contributed by atoms with van der Waals surface area (Å²) in [4.78, 5) is 0. The van der Waals surface area contributed by atoms with Gasteiger partial charge in [0.15, 0.2) is 0 Å². The van der Waals surface area contributed by atoms with Crippen molar-refractivity contribution in [3.63, 3.8) is 0 Å². The Morgan fingerprint density at radius 2 is 2.18 bits per heavy atom.